The molecule has 1 aromatic rings. The summed E-state index contributed by atoms with van der Waals surface area (Å²) < 4.78 is 0. The summed E-state index contributed by atoms with van der Waals surface area (Å²) >= 11 is 0. The van der Waals surface area contributed by atoms with Gasteiger partial charge in [-0.15, -0.1) is 0 Å². The van der Waals surface area contributed by atoms with E-state index in [1.54, 1.807) is 4.90 Å². The molecule has 1 aliphatic carbocycles. The molecular weight excluding hydrogens is 314 g/mol. The molecule has 1 aromatic carbocycles. The zero-order chi connectivity index (χ0) is 17.9. The molecule has 0 bridgehead atoms. The third kappa shape index (κ3) is 3.80. The molecule has 2 fully saturated rings. The van der Waals surface area contributed by atoms with E-state index in [9.17, 15) is 9.59 Å². The maximum Gasteiger partial charge on any atom is 0.314 e. The standard InChI is InChI=1S/C20H29N3O2/c1-15-6-5-7-16(14-15)20(10-3-2-4-11-20)18(24)22-17-8-12-23(13-9-17)19(21)25/h5-7,14,17H,2-4,8-13H2,1H3,(H2,21,25)(H,22,24). The Labute approximate surface area is 150 Å². The highest BCUT2D eigenvalue weighted by molar-refractivity contribution is 5.88. The minimum atomic E-state index is -0.398. The highest BCUT2D eigenvalue weighted by atomic mass is 16.2. The second-order valence-corrected chi connectivity index (χ2v) is 7.59. The molecule has 3 amide bonds. The van der Waals surface area contributed by atoms with Gasteiger partial charge >= 0.3 is 6.03 Å². The molecule has 3 N–H and O–H groups in total. The summed E-state index contributed by atoms with van der Waals surface area (Å²) in [6, 6.07) is 8.17. The fourth-order valence-corrected chi connectivity index (χ4v) is 4.31. The normalized spacial score (nSPS) is 20.9. The first kappa shape index (κ1) is 17.8. The third-order valence-electron chi connectivity index (χ3n) is 5.85. The maximum absolute atomic E-state index is 13.3. The quantitative estimate of drug-likeness (QED) is 0.885. The summed E-state index contributed by atoms with van der Waals surface area (Å²) in [5.74, 6) is 0.162. The zero-order valence-corrected chi connectivity index (χ0v) is 15.1. The van der Waals surface area contributed by atoms with Gasteiger partial charge in [0.1, 0.15) is 0 Å². The molecule has 136 valence electrons. The fraction of sp³-hybridized carbons (Fsp3) is 0.600. The van der Waals surface area contributed by atoms with E-state index < -0.39 is 5.41 Å². The Hall–Kier alpha value is -2.04. The molecule has 1 aliphatic heterocycles. The van der Waals surface area contributed by atoms with Crippen molar-refractivity contribution in [3.8, 4) is 0 Å². The minimum absolute atomic E-state index is 0.131. The highest BCUT2D eigenvalue weighted by Gasteiger charge is 2.42. The van der Waals surface area contributed by atoms with Crippen molar-refractivity contribution in [3.05, 3.63) is 35.4 Å². The Balaban J connectivity index is 1.73. The van der Waals surface area contributed by atoms with Crippen LogP contribution in [0.3, 0.4) is 0 Å². The van der Waals surface area contributed by atoms with Gasteiger partial charge in [-0.05, 0) is 38.2 Å². The van der Waals surface area contributed by atoms with Crippen molar-refractivity contribution in [3.63, 3.8) is 0 Å². The van der Waals surface area contributed by atoms with Gasteiger partial charge in [-0.1, -0.05) is 49.1 Å². The first-order valence-corrected chi connectivity index (χ1v) is 9.44. The van der Waals surface area contributed by atoms with Crippen LogP contribution in [-0.4, -0.2) is 36.0 Å². The number of likely N-dealkylation sites (tertiary alicyclic amines) is 1. The zero-order valence-electron chi connectivity index (χ0n) is 15.1. The number of nitrogens with two attached hydrogens (primary N) is 1. The van der Waals surface area contributed by atoms with E-state index in [1.807, 2.05) is 0 Å². The van der Waals surface area contributed by atoms with Crippen molar-refractivity contribution in [1.29, 1.82) is 0 Å². The Morgan fingerprint density at radius 1 is 1.16 bits per heavy atom. The van der Waals surface area contributed by atoms with Crippen LogP contribution < -0.4 is 11.1 Å². The summed E-state index contributed by atoms with van der Waals surface area (Å²) in [5, 5.41) is 3.29. The van der Waals surface area contributed by atoms with E-state index in [2.05, 4.69) is 36.5 Å². The molecule has 25 heavy (non-hydrogen) atoms. The van der Waals surface area contributed by atoms with Gasteiger partial charge in [-0.2, -0.15) is 0 Å². The number of carbonyl (C=O) groups excluding carboxylic acids is 2. The van der Waals surface area contributed by atoms with Crippen molar-refractivity contribution >= 4 is 11.9 Å². The van der Waals surface area contributed by atoms with Crippen LogP contribution >= 0.6 is 0 Å². The topological polar surface area (TPSA) is 75.4 Å². The predicted octanol–water partition coefficient (Wildman–Crippen LogP) is 2.86. The number of hydrogen-bond acceptors (Lipinski definition) is 2. The number of benzene rings is 1. The summed E-state index contributed by atoms with van der Waals surface area (Å²) in [6.07, 6.45) is 6.79. The number of carbonyl (C=O) groups is 2. The molecule has 1 saturated heterocycles. The van der Waals surface area contributed by atoms with E-state index in [0.29, 0.717) is 13.1 Å². The Kier molecular flexibility index (Phi) is 5.30. The maximum atomic E-state index is 13.3. The van der Waals surface area contributed by atoms with Gasteiger partial charge in [0, 0.05) is 19.1 Å². The monoisotopic (exact) mass is 343 g/mol. The van der Waals surface area contributed by atoms with E-state index in [4.69, 9.17) is 5.73 Å². The fourth-order valence-electron chi connectivity index (χ4n) is 4.31. The van der Waals surface area contributed by atoms with Gasteiger partial charge < -0.3 is 16.0 Å². The average Bonchev–Trinajstić information content (AvgIpc) is 2.62. The van der Waals surface area contributed by atoms with E-state index >= 15 is 0 Å². The molecule has 1 heterocycles. The summed E-state index contributed by atoms with van der Waals surface area (Å²) in [6.45, 7) is 3.33. The van der Waals surface area contributed by atoms with Gasteiger partial charge in [0.05, 0.1) is 5.41 Å². The van der Waals surface area contributed by atoms with Crippen LogP contribution in [0.4, 0.5) is 4.79 Å². The number of nitrogens with zero attached hydrogens (tertiary/aromatic N) is 1. The van der Waals surface area contributed by atoms with Gasteiger partial charge in [0.15, 0.2) is 0 Å². The number of amides is 3. The van der Waals surface area contributed by atoms with E-state index in [0.717, 1.165) is 44.1 Å². The van der Waals surface area contributed by atoms with Crippen LogP contribution in [0.2, 0.25) is 0 Å². The Bertz CT molecular complexity index is 630. The predicted molar refractivity (Wildman–Crippen MR) is 98.3 cm³/mol. The molecule has 5 heteroatoms. The molecule has 1 saturated carbocycles. The largest absolute Gasteiger partial charge is 0.352 e. The highest BCUT2D eigenvalue weighted by Crippen LogP contribution is 2.40. The Morgan fingerprint density at radius 3 is 2.44 bits per heavy atom. The van der Waals surface area contributed by atoms with E-state index in [-0.39, 0.29) is 18.0 Å². The second-order valence-electron chi connectivity index (χ2n) is 7.59. The van der Waals surface area contributed by atoms with Gasteiger partial charge in [0.25, 0.3) is 0 Å². The molecule has 2 aliphatic rings. The third-order valence-corrected chi connectivity index (χ3v) is 5.85. The van der Waals surface area contributed by atoms with Crippen LogP contribution in [0.5, 0.6) is 0 Å². The molecular formula is C20H29N3O2. The molecule has 0 radical (unpaired) electrons. The minimum Gasteiger partial charge on any atom is -0.352 e. The second kappa shape index (κ2) is 7.46. The molecule has 0 atom stereocenters. The number of urea groups is 1. The number of primary amides is 1. The lowest BCUT2D eigenvalue weighted by atomic mass is 9.68. The number of aryl methyl sites for hydroxylation is 1. The first-order chi connectivity index (χ1) is 12.0. The number of rotatable bonds is 3. The van der Waals surface area contributed by atoms with Crippen molar-refractivity contribution in [2.75, 3.05) is 13.1 Å². The van der Waals surface area contributed by atoms with E-state index in [1.165, 1.54) is 12.0 Å². The number of nitrogens with one attached hydrogen (secondary N) is 1. The van der Waals surface area contributed by atoms with Crippen molar-refractivity contribution in [2.45, 2.75) is 63.3 Å². The molecule has 0 spiro atoms. The van der Waals surface area contributed by atoms with Crippen molar-refractivity contribution in [1.82, 2.24) is 10.2 Å². The smallest absolute Gasteiger partial charge is 0.314 e. The van der Waals surface area contributed by atoms with Gasteiger partial charge in [0.2, 0.25) is 5.91 Å². The van der Waals surface area contributed by atoms with Crippen LogP contribution in [0.25, 0.3) is 0 Å². The Morgan fingerprint density at radius 2 is 1.84 bits per heavy atom. The summed E-state index contributed by atoms with van der Waals surface area (Å²) in [4.78, 5) is 26.2. The number of piperidine rings is 1. The molecule has 5 nitrogen and oxygen atoms in total. The van der Waals surface area contributed by atoms with Crippen molar-refractivity contribution < 1.29 is 9.59 Å². The van der Waals surface area contributed by atoms with Gasteiger partial charge in [-0.3, -0.25) is 4.79 Å². The molecule has 0 aromatic heterocycles. The molecule has 0 unspecified atom stereocenters. The van der Waals surface area contributed by atoms with Crippen LogP contribution in [0, 0.1) is 6.92 Å². The summed E-state index contributed by atoms with van der Waals surface area (Å²) in [7, 11) is 0. The van der Waals surface area contributed by atoms with Crippen LogP contribution in [0.15, 0.2) is 24.3 Å². The number of hydrogen-bond donors (Lipinski definition) is 2. The van der Waals surface area contributed by atoms with Crippen molar-refractivity contribution in [2.24, 2.45) is 5.73 Å². The lowest BCUT2D eigenvalue weighted by Crippen LogP contribution is -2.53. The lowest BCUT2D eigenvalue weighted by Gasteiger charge is -2.39. The average molecular weight is 343 g/mol. The van der Waals surface area contributed by atoms with Crippen LogP contribution in [-0.2, 0) is 10.2 Å². The summed E-state index contributed by atoms with van der Waals surface area (Å²) in [5.41, 5.74) is 7.30. The SMILES string of the molecule is Cc1cccc(C2(C(=O)NC3CCN(C(N)=O)CC3)CCCCC2)c1. The lowest BCUT2D eigenvalue weighted by molar-refractivity contribution is -0.129. The molecule has 3 rings (SSSR count). The van der Waals surface area contributed by atoms with Gasteiger partial charge in [-0.25, -0.2) is 4.79 Å². The van der Waals surface area contributed by atoms with Crippen LogP contribution in [0.1, 0.15) is 56.1 Å². The first-order valence-electron chi connectivity index (χ1n) is 9.44.